The third-order valence-electron chi connectivity index (χ3n) is 4.04. The smallest absolute Gasteiger partial charge is 0.239 e. The molecule has 0 aliphatic carbocycles. The summed E-state index contributed by atoms with van der Waals surface area (Å²) in [5.74, 6) is -0.0164. The summed E-state index contributed by atoms with van der Waals surface area (Å²) < 4.78 is 13.1. The highest BCUT2D eigenvalue weighted by atomic mass is 19.1. The lowest BCUT2D eigenvalue weighted by molar-refractivity contribution is -0.133. The first kappa shape index (κ1) is 16.0. The molecule has 0 bridgehead atoms. The second kappa shape index (κ2) is 8.13. The molecular formula is C17H25FN2O. The van der Waals surface area contributed by atoms with Crippen molar-refractivity contribution in [2.45, 2.75) is 45.1 Å². The monoisotopic (exact) mass is 292 g/mol. The molecule has 3 nitrogen and oxygen atoms in total. The standard InChI is InChI=1S/C17H25FN2O/c1-14(17(21)20-11-4-2-3-5-12-20)19-10-9-15-7-6-8-16(18)13-15/h6-8,13-14,19H,2-5,9-12H2,1H3. The van der Waals surface area contributed by atoms with Crippen molar-refractivity contribution >= 4 is 5.91 Å². The van der Waals surface area contributed by atoms with Gasteiger partial charge in [0.1, 0.15) is 5.82 Å². The Balaban J connectivity index is 1.75. The number of carbonyl (C=O) groups excluding carboxylic acids is 1. The van der Waals surface area contributed by atoms with E-state index in [1.165, 1.54) is 18.9 Å². The highest BCUT2D eigenvalue weighted by Crippen LogP contribution is 2.11. The van der Waals surface area contributed by atoms with Gasteiger partial charge in [0.2, 0.25) is 5.91 Å². The van der Waals surface area contributed by atoms with Crippen LogP contribution in [0.3, 0.4) is 0 Å². The third kappa shape index (κ3) is 5.12. The van der Waals surface area contributed by atoms with E-state index in [4.69, 9.17) is 0 Å². The average molecular weight is 292 g/mol. The molecule has 2 rings (SSSR count). The van der Waals surface area contributed by atoms with Crippen LogP contribution in [0.2, 0.25) is 0 Å². The van der Waals surface area contributed by atoms with Crippen LogP contribution in [-0.4, -0.2) is 36.5 Å². The number of benzene rings is 1. The predicted molar refractivity (Wildman–Crippen MR) is 82.6 cm³/mol. The SMILES string of the molecule is CC(NCCc1cccc(F)c1)C(=O)N1CCCCCC1. The summed E-state index contributed by atoms with van der Waals surface area (Å²) in [7, 11) is 0. The number of halogens is 1. The minimum atomic E-state index is -0.207. The minimum absolute atomic E-state index is 0.170. The van der Waals surface area contributed by atoms with Crippen LogP contribution in [0, 0.1) is 5.82 Å². The summed E-state index contributed by atoms with van der Waals surface area (Å²) in [6, 6.07) is 6.45. The van der Waals surface area contributed by atoms with E-state index in [0.717, 1.165) is 37.9 Å². The van der Waals surface area contributed by atoms with Gasteiger partial charge in [-0.05, 0) is 50.4 Å². The van der Waals surface area contributed by atoms with Crippen LogP contribution >= 0.6 is 0 Å². The molecule has 0 spiro atoms. The van der Waals surface area contributed by atoms with E-state index in [0.29, 0.717) is 6.54 Å². The van der Waals surface area contributed by atoms with Crippen LogP contribution in [0.4, 0.5) is 4.39 Å². The maximum Gasteiger partial charge on any atom is 0.239 e. The molecule has 1 saturated heterocycles. The average Bonchev–Trinajstić information content (AvgIpc) is 2.75. The molecule has 1 amide bonds. The summed E-state index contributed by atoms with van der Waals surface area (Å²) in [5, 5.41) is 3.25. The molecule has 21 heavy (non-hydrogen) atoms. The first-order valence-electron chi connectivity index (χ1n) is 7.93. The van der Waals surface area contributed by atoms with Crippen molar-refractivity contribution in [3.63, 3.8) is 0 Å². The normalized spacial score (nSPS) is 17.3. The van der Waals surface area contributed by atoms with E-state index in [2.05, 4.69) is 5.32 Å². The number of hydrogen-bond donors (Lipinski definition) is 1. The number of nitrogens with zero attached hydrogens (tertiary/aromatic N) is 1. The first-order chi connectivity index (χ1) is 10.2. The Kier molecular flexibility index (Phi) is 6.18. The molecule has 1 aliphatic rings. The molecular weight excluding hydrogens is 267 g/mol. The molecule has 0 aromatic heterocycles. The quantitative estimate of drug-likeness (QED) is 0.905. The second-order valence-corrected chi connectivity index (χ2v) is 5.80. The zero-order chi connectivity index (χ0) is 15.1. The molecule has 0 saturated carbocycles. The molecule has 1 atom stereocenters. The van der Waals surface area contributed by atoms with E-state index in [9.17, 15) is 9.18 Å². The molecule has 4 heteroatoms. The van der Waals surface area contributed by atoms with Crippen molar-refractivity contribution in [2.24, 2.45) is 0 Å². The lowest BCUT2D eigenvalue weighted by Gasteiger charge is -2.24. The summed E-state index contributed by atoms with van der Waals surface area (Å²) in [4.78, 5) is 14.3. The number of likely N-dealkylation sites (tertiary alicyclic amines) is 1. The first-order valence-corrected chi connectivity index (χ1v) is 7.93. The van der Waals surface area contributed by atoms with Gasteiger partial charge in [-0.15, -0.1) is 0 Å². The molecule has 1 N–H and O–H groups in total. The highest BCUT2D eigenvalue weighted by molar-refractivity contribution is 5.81. The van der Waals surface area contributed by atoms with E-state index in [-0.39, 0.29) is 17.8 Å². The molecule has 1 aliphatic heterocycles. The van der Waals surface area contributed by atoms with Crippen LogP contribution in [0.15, 0.2) is 24.3 Å². The summed E-state index contributed by atoms with van der Waals surface area (Å²) in [6.45, 7) is 4.37. The van der Waals surface area contributed by atoms with Crippen molar-refractivity contribution in [3.8, 4) is 0 Å². The lowest BCUT2D eigenvalue weighted by atomic mass is 10.1. The largest absolute Gasteiger partial charge is 0.341 e. The summed E-state index contributed by atoms with van der Waals surface area (Å²) in [5.41, 5.74) is 0.955. The van der Waals surface area contributed by atoms with Crippen molar-refractivity contribution in [1.82, 2.24) is 10.2 Å². The minimum Gasteiger partial charge on any atom is -0.341 e. The lowest BCUT2D eigenvalue weighted by Crippen LogP contribution is -2.45. The number of rotatable bonds is 5. The fourth-order valence-electron chi connectivity index (χ4n) is 2.78. The Hall–Kier alpha value is -1.42. The Labute approximate surface area is 126 Å². The zero-order valence-electron chi connectivity index (χ0n) is 12.8. The maximum absolute atomic E-state index is 13.1. The van der Waals surface area contributed by atoms with Gasteiger partial charge in [0.15, 0.2) is 0 Å². The third-order valence-corrected chi connectivity index (χ3v) is 4.04. The van der Waals surface area contributed by atoms with Gasteiger partial charge >= 0.3 is 0 Å². The van der Waals surface area contributed by atoms with Gasteiger partial charge in [-0.25, -0.2) is 4.39 Å². The molecule has 0 radical (unpaired) electrons. The van der Waals surface area contributed by atoms with Gasteiger partial charge < -0.3 is 10.2 Å². The Morgan fingerprint density at radius 2 is 2.00 bits per heavy atom. The second-order valence-electron chi connectivity index (χ2n) is 5.80. The number of carbonyl (C=O) groups is 1. The summed E-state index contributed by atoms with van der Waals surface area (Å²) in [6.07, 6.45) is 5.41. The fourth-order valence-corrected chi connectivity index (χ4v) is 2.78. The highest BCUT2D eigenvalue weighted by Gasteiger charge is 2.20. The molecule has 1 fully saturated rings. The predicted octanol–water partition coefficient (Wildman–Crippen LogP) is 2.75. The van der Waals surface area contributed by atoms with E-state index in [1.54, 1.807) is 12.1 Å². The van der Waals surface area contributed by atoms with Gasteiger partial charge in [-0.3, -0.25) is 4.79 Å². The van der Waals surface area contributed by atoms with Crippen molar-refractivity contribution in [1.29, 1.82) is 0 Å². The van der Waals surface area contributed by atoms with Gasteiger partial charge in [0.25, 0.3) is 0 Å². The van der Waals surface area contributed by atoms with Crippen molar-refractivity contribution in [3.05, 3.63) is 35.6 Å². The van der Waals surface area contributed by atoms with Crippen molar-refractivity contribution < 1.29 is 9.18 Å². The van der Waals surface area contributed by atoms with E-state index >= 15 is 0 Å². The van der Waals surface area contributed by atoms with Gasteiger partial charge in [-0.2, -0.15) is 0 Å². The van der Waals surface area contributed by atoms with E-state index in [1.807, 2.05) is 17.9 Å². The zero-order valence-corrected chi connectivity index (χ0v) is 12.8. The Bertz CT molecular complexity index is 456. The van der Waals surface area contributed by atoms with E-state index < -0.39 is 0 Å². The maximum atomic E-state index is 13.1. The van der Waals surface area contributed by atoms with Crippen LogP contribution in [0.25, 0.3) is 0 Å². The van der Waals surface area contributed by atoms with Crippen molar-refractivity contribution in [2.75, 3.05) is 19.6 Å². The Morgan fingerprint density at radius 1 is 1.29 bits per heavy atom. The summed E-state index contributed by atoms with van der Waals surface area (Å²) >= 11 is 0. The molecule has 1 aromatic carbocycles. The van der Waals surface area contributed by atoms with Crippen LogP contribution < -0.4 is 5.32 Å². The van der Waals surface area contributed by atoms with Crippen LogP contribution in [0.1, 0.15) is 38.2 Å². The molecule has 116 valence electrons. The van der Waals surface area contributed by atoms with Crippen LogP contribution in [0.5, 0.6) is 0 Å². The molecule has 1 heterocycles. The topological polar surface area (TPSA) is 32.3 Å². The molecule has 1 unspecified atom stereocenters. The van der Waals surface area contributed by atoms with Crippen LogP contribution in [-0.2, 0) is 11.2 Å². The van der Waals surface area contributed by atoms with Gasteiger partial charge in [0, 0.05) is 13.1 Å². The van der Waals surface area contributed by atoms with Gasteiger partial charge in [0.05, 0.1) is 6.04 Å². The number of amides is 1. The fraction of sp³-hybridized carbons (Fsp3) is 0.588. The van der Waals surface area contributed by atoms with Gasteiger partial charge in [-0.1, -0.05) is 25.0 Å². The number of hydrogen-bond acceptors (Lipinski definition) is 2. The molecule has 1 aromatic rings. The number of nitrogens with one attached hydrogen (secondary N) is 1. The Morgan fingerprint density at radius 3 is 2.67 bits per heavy atom.